The van der Waals surface area contributed by atoms with Crippen LogP contribution in [0, 0.1) is 5.92 Å². The number of ether oxygens (including phenoxy) is 1. The predicted octanol–water partition coefficient (Wildman–Crippen LogP) is 2.50. The number of nitrogens with one attached hydrogen (secondary N) is 1. The van der Waals surface area contributed by atoms with E-state index in [1.54, 1.807) is 0 Å². The van der Waals surface area contributed by atoms with Gasteiger partial charge in [0.2, 0.25) is 0 Å². The zero-order valence-electron chi connectivity index (χ0n) is 9.08. The lowest BCUT2D eigenvalue weighted by atomic mass is 10.0. The first kappa shape index (κ1) is 14.6. The first-order valence-electron chi connectivity index (χ1n) is 5.06. The third-order valence-electron chi connectivity index (χ3n) is 2.85. The van der Waals surface area contributed by atoms with Gasteiger partial charge in [0, 0.05) is 6.54 Å². The summed E-state index contributed by atoms with van der Waals surface area (Å²) in [5, 5.41) is 2.84. The summed E-state index contributed by atoms with van der Waals surface area (Å²) < 4.78 is 78.6. The van der Waals surface area contributed by atoms with Crippen molar-refractivity contribution in [2.24, 2.45) is 5.92 Å². The monoisotopic (exact) mass is 265 g/mol. The topological polar surface area (TPSA) is 21.3 Å². The van der Waals surface area contributed by atoms with Crippen LogP contribution in [-0.2, 0) is 4.74 Å². The minimum absolute atomic E-state index is 0.0232. The van der Waals surface area contributed by atoms with E-state index in [0.717, 1.165) is 0 Å². The van der Waals surface area contributed by atoms with Gasteiger partial charge in [-0.3, -0.25) is 0 Å². The number of halogens is 6. The molecule has 1 atom stereocenters. The fraction of sp³-hybridized carbons (Fsp3) is 1.00. The zero-order chi connectivity index (χ0) is 13.3. The van der Waals surface area contributed by atoms with Gasteiger partial charge in [0.1, 0.15) is 0 Å². The maximum atomic E-state index is 12.4. The molecule has 8 heteroatoms. The van der Waals surface area contributed by atoms with Crippen molar-refractivity contribution < 1.29 is 31.1 Å². The second kappa shape index (κ2) is 4.64. The van der Waals surface area contributed by atoms with Gasteiger partial charge >= 0.3 is 12.4 Å². The van der Waals surface area contributed by atoms with Crippen LogP contribution in [0.4, 0.5) is 26.3 Å². The van der Waals surface area contributed by atoms with Gasteiger partial charge in [-0.25, -0.2) is 0 Å². The van der Waals surface area contributed by atoms with Crippen molar-refractivity contribution in [1.82, 2.24) is 5.32 Å². The molecule has 1 saturated heterocycles. The van der Waals surface area contributed by atoms with Gasteiger partial charge in [-0.2, -0.15) is 26.3 Å². The van der Waals surface area contributed by atoms with E-state index < -0.39 is 24.6 Å². The van der Waals surface area contributed by atoms with Crippen molar-refractivity contribution >= 4 is 0 Å². The van der Waals surface area contributed by atoms with Crippen molar-refractivity contribution in [2.75, 3.05) is 19.7 Å². The van der Waals surface area contributed by atoms with Crippen LogP contribution >= 0.6 is 0 Å². The van der Waals surface area contributed by atoms with Gasteiger partial charge in [0.05, 0.1) is 6.61 Å². The van der Waals surface area contributed by atoms with Crippen molar-refractivity contribution in [2.45, 2.75) is 31.3 Å². The maximum absolute atomic E-state index is 12.4. The summed E-state index contributed by atoms with van der Waals surface area (Å²) in [6.07, 6.45) is -10.4. The lowest BCUT2D eigenvalue weighted by molar-refractivity contribution is -0.375. The van der Waals surface area contributed by atoms with Gasteiger partial charge in [0.25, 0.3) is 5.60 Å². The van der Waals surface area contributed by atoms with Gasteiger partial charge in [-0.05, 0) is 25.8 Å². The number of hydrogen-bond donors (Lipinski definition) is 1. The van der Waals surface area contributed by atoms with E-state index in [9.17, 15) is 26.3 Å². The molecule has 1 rings (SSSR count). The Bertz CT molecular complexity index is 241. The Labute approximate surface area is 94.3 Å². The largest absolute Gasteiger partial charge is 0.426 e. The molecule has 1 fully saturated rings. The summed E-state index contributed by atoms with van der Waals surface area (Å²) in [5.41, 5.74) is -4.09. The van der Waals surface area contributed by atoms with Crippen molar-refractivity contribution in [3.63, 3.8) is 0 Å². The summed E-state index contributed by atoms with van der Waals surface area (Å²) in [6.45, 7) is 0.437. The third kappa shape index (κ3) is 3.04. The average Bonchev–Trinajstić information content (AvgIpc) is 2.62. The fourth-order valence-corrected chi connectivity index (χ4v) is 1.47. The van der Waals surface area contributed by atoms with E-state index in [4.69, 9.17) is 0 Å². The molecule has 1 heterocycles. The molecule has 1 aliphatic rings. The van der Waals surface area contributed by atoms with Crippen molar-refractivity contribution in [1.29, 1.82) is 0 Å². The highest BCUT2D eigenvalue weighted by atomic mass is 19.4. The summed E-state index contributed by atoms with van der Waals surface area (Å²) in [4.78, 5) is 0. The highest BCUT2D eigenvalue weighted by Gasteiger charge is 2.69. The Kier molecular flexibility index (Phi) is 3.97. The lowest BCUT2D eigenvalue weighted by Gasteiger charge is -2.34. The highest BCUT2D eigenvalue weighted by Crippen LogP contribution is 2.45. The maximum Gasteiger partial charge on any atom is 0.426 e. The van der Waals surface area contributed by atoms with E-state index in [0.29, 0.717) is 19.5 Å². The predicted molar refractivity (Wildman–Crippen MR) is 47.4 cm³/mol. The molecule has 2 nitrogen and oxygen atoms in total. The van der Waals surface area contributed by atoms with E-state index >= 15 is 0 Å². The molecule has 0 bridgehead atoms. The van der Waals surface area contributed by atoms with E-state index in [-0.39, 0.29) is 12.8 Å². The Morgan fingerprint density at radius 3 is 2.00 bits per heavy atom. The zero-order valence-corrected chi connectivity index (χ0v) is 9.08. The van der Waals surface area contributed by atoms with Crippen LogP contribution in [-0.4, -0.2) is 37.7 Å². The number of alkyl halides is 6. The molecule has 0 spiro atoms. The Balaban J connectivity index is 2.71. The van der Waals surface area contributed by atoms with Gasteiger partial charge in [0.15, 0.2) is 0 Å². The quantitative estimate of drug-likeness (QED) is 0.792. The van der Waals surface area contributed by atoms with Gasteiger partial charge in [-0.15, -0.1) is 0 Å². The van der Waals surface area contributed by atoms with E-state index in [1.165, 1.54) is 0 Å². The summed E-state index contributed by atoms with van der Waals surface area (Å²) >= 11 is 0. The highest BCUT2D eigenvalue weighted by molar-refractivity contribution is 4.92. The van der Waals surface area contributed by atoms with Gasteiger partial charge < -0.3 is 10.1 Å². The average molecular weight is 265 g/mol. The summed E-state index contributed by atoms with van der Waals surface area (Å²) in [7, 11) is 0. The smallest absolute Gasteiger partial charge is 0.358 e. The molecule has 102 valence electrons. The molecule has 1 aliphatic heterocycles. The molecular weight excluding hydrogens is 252 g/mol. The molecule has 0 radical (unpaired) electrons. The molecule has 0 saturated carbocycles. The van der Waals surface area contributed by atoms with Gasteiger partial charge in [-0.1, -0.05) is 0 Å². The normalized spacial score (nSPS) is 23.1. The van der Waals surface area contributed by atoms with Crippen molar-refractivity contribution in [3.05, 3.63) is 0 Å². The van der Waals surface area contributed by atoms with Crippen LogP contribution in [0.25, 0.3) is 0 Å². The summed E-state index contributed by atoms with van der Waals surface area (Å²) in [5.74, 6) is -0.306. The molecule has 0 amide bonds. The third-order valence-corrected chi connectivity index (χ3v) is 2.85. The molecular formula is C9H13F6NO. The first-order chi connectivity index (χ1) is 7.58. The second-order valence-corrected chi connectivity index (χ2v) is 4.20. The summed E-state index contributed by atoms with van der Waals surface area (Å²) in [6, 6.07) is 0. The molecule has 0 aromatic heterocycles. The lowest BCUT2D eigenvalue weighted by Crippen LogP contribution is -2.56. The minimum Gasteiger partial charge on any atom is -0.358 e. The van der Waals surface area contributed by atoms with E-state index in [1.807, 2.05) is 0 Å². The first-order valence-corrected chi connectivity index (χ1v) is 5.06. The van der Waals surface area contributed by atoms with Crippen LogP contribution in [0.1, 0.15) is 13.3 Å². The Hall–Kier alpha value is -0.500. The molecule has 1 unspecified atom stereocenters. The standard InChI is InChI=1S/C9H13F6NO/c1-7(8(10,11)12,9(13,14)15)17-5-6-2-3-16-4-6/h6,16H,2-5H2,1H3. The molecule has 0 aromatic rings. The number of rotatable bonds is 3. The Morgan fingerprint density at radius 2 is 1.65 bits per heavy atom. The Morgan fingerprint density at radius 1 is 1.12 bits per heavy atom. The van der Waals surface area contributed by atoms with Crippen LogP contribution < -0.4 is 5.32 Å². The molecule has 1 N–H and O–H groups in total. The fourth-order valence-electron chi connectivity index (χ4n) is 1.47. The van der Waals surface area contributed by atoms with Crippen LogP contribution in [0.3, 0.4) is 0 Å². The van der Waals surface area contributed by atoms with Crippen LogP contribution in [0.2, 0.25) is 0 Å². The minimum atomic E-state index is -5.47. The molecule has 0 aliphatic carbocycles. The SMILES string of the molecule is CC(OCC1CCNC1)(C(F)(F)F)C(F)(F)F. The molecule has 17 heavy (non-hydrogen) atoms. The second-order valence-electron chi connectivity index (χ2n) is 4.20. The van der Waals surface area contributed by atoms with Crippen LogP contribution in [0.5, 0.6) is 0 Å². The molecule has 0 aromatic carbocycles. The van der Waals surface area contributed by atoms with Crippen molar-refractivity contribution in [3.8, 4) is 0 Å². The number of hydrogen-bond acceptors (Lipinski definition) is 2. The van der Waals surface area contributed by atoms with Crippen LogP contribution in [0.15, 0.2) is 0 Å². The van der Waals surface area contributed by atoms with E-state index in [2.05, 4.69) is 10.1 Å².